The lowest BCUT2D eigenvalue weighted by molar-refractivity contribution is 0.0772. The highest BCUT2D eigenvalue weighted by Crippen LogP contribution is 2.53. The highest BCUT2D eigenvalue weighted by Gasteiger charge is 2.53. The predicted octanol–water partition coefficient (Wildman–Crippen LogP) is 5.84. The lowest BCUT2D eigenvalue weighted by atomic mass is 9.65. The number of anilines is 1. The molecule has 2 atom stereocenters. The van der Waals surface area contributed by atoms with E-state index in [0.29, 0.717) is 35.8 Å². The van der Waals surface area contributed by atoms with Gasteiger partial charge in [-0.05, 0) is 93.2 Å². The smallest absolute Gasteiger partial charge is 0.257 e. The molecule has 1 saturated heterocycles. The molecule has 8 nitrogen and oxygen atoms in total. The summed E-state index contributed by atoms with van der Waals surface area (Å²) >= 11 is 1.49. The van der Waals surface area contributed by atoms with Crippen LogP contribution in [0.2, 0.25) is 0 Å². The Morgan fingerprint density at radius 1 is 1.07 bits per heavy atom. The average Bonchev–Trinajstić information content (AvgIpc) is 3.41. The molecule has 1 aromatic carbocycles. The molecular formula is C32H46N4O4S2. The lowest BCUT2D eigenvalue weighted by Gasteiger charge is -2.39. The summed E-state index contributed by atoms with van der Waals surface area (Å²) in [7, 11) is -3.68. The van der Waals surface area contributed by atoms with E-state index in [9.17, 15) is 18.0 Å². The van der Waals surface area contributed by atoms with E-state index in [1.54, 1.807) is 33.5 Å². The number of thiophene rings is 1. The summed E-state index contributed by atoms with van der Waals surface area (Å²) in [6.45, 7) is 17.2. The van der Waals surface area contributed by atoms with E-state index in [0.717, 1.165) is 62.2 Å². The highest BCUT2D eigenvalue weighted by atomic mass is 32.2. The first-order chi connectivity index (χ1) is 19.8. The van der Waals surface area contributed by atoms with Crippen LogP contribution in [0.1, 0.15) is 98.4 Å². The van der Waals surface area contributed by atoms with Gasteiger partial charge in [0.15, 0.2) is 0 Å². The van der Waals surface area contributed by atoms with Gasteiger partial charge in [-0.3, -0.25) is 14.5 Å². The minimum atomic E-state index is -3.68. The Bertz CT molecular complexity index is 1450. The van der Waals surface area contributed by atoms with Gasteiger partial charge in [0.25, 0.3) is 11.8 Å². The molecule has 1 aliphatic carbocycles. The van der Waals surface area contributed by atoms with Crippen molar-refractivity contribution >= 4 is 38.2 Å². The summed E-state index contributed by atoms with van der Waals surface area (Å²) < 4.78 is 29.1. The van der Waals surface area contributed by atoms with Crippen LogP contribution in [0.25, 0.3) is 0 Å². The first kappa shape index (κ1) is 31.2. The maximum Gasteiger partial charge on any atom is 0.257 e. The Labute approximate surface area is 255 Å². The summed E-state index contributed by atoms with van der Waals surface area (Å²) in [6.07, 6.45) is 4.62. The maximum absolute atomic E-state index is 13.7. The summed E-state index contributed by atoms with van der Waals surface area (Å²) in [5, 5.41) is 3.61. The zero-order valence-electron chi connectivity index (χ0n) is 26.0. The number of nitrogens with zero attached hydrogens (tertiary/aromatic N) is 3. The molecule has 0 radical (unpaired) electrons. The van der Waals surface area contributed by atoms with E-state index in [1.807, 2.05) is 13.8 Å². The first-order valence-electron chi connectivity index (χ1n) is 15.4. The van der Waals surface area contributed by atoms with Gasteiger partial charge in [0.2, 0.25) is 10.0 Å². The number of carbonyl (C=O) groups excluding carboxylic acids is 2. The van der Waals surface area contributed by atoms with Crippen LogP contribution in [0.15, 0.2) is 29.2 Å². The zero-order valence-corrected chi connectivity index (χ0v) is 27.6. The molecule has 1 N–H and O–H groups in total. The Kier molecular flexibility index (Phi) is 8.66. The quantitative estimate of drug-likeness (QED) is 0.383. The van der Waals surface area contributed by atoms with Gasteiger partial charge >= 0.3 is 0 Å². The topological polar surface area (TPSA) is 90.0 Å². The van der Waals surface area contributed by atoms with Crippen molar-refractivity contribution in [2.45, 2.75) is 91.1 Å². The van der Waals surface area contributed by atoms with Gasteiger partial charge in [0.1, 0.15) is 5.00 Å². The van der Waals surface area contributed by atoms with Gasteiger partial charge in [0, 0.05) is 49.2 Å². The van der Waals surface area contributed by atoms with Gasteiger partial charge in [0.05, 0.1) is 10.5 Å². The monoisotopic (exact) mass is 614 g/mol. The third kappa shape index (κ3) is 5.92. The van der Waals surface area contributed by atoms with Crippen molar-refractivity contribution < 1.29 is 18.0 Å². The van der Waals surface area contributed by atoms with Crippen LogP contribution in [-0.4, -0.2) is 73.1 Å². The van der Waals surface area contributed by atoms with Gasteiger partial charge < -0.3 is 10.2 Å². The van der Waals surface area contributed by atoms with E-state index in [4.69, 9.17) is 0 Å². The van der Waals surface area contributed by atoms with Crippen molar-refractivity contribution in [3.05, 3.63) is 45.8 Å². The minimum Gasteiger partial charge on any atom is -0.339 e. The molecular weight excluding hydrogens is 569 g/mol. The largest absolute Gasteiger partial charge is 0.339 e. The molecule has 0 spiro atoms. The average molecular weight is 615 g/mol. The molecule has 2 amide bonds. The number of fused-ring (bicyclic) bond motifs is 3. The van der Waals surface area contributed by atoms with Crippen LogP contribution in [0, 0.1) is 10.8 Å². The fourth-order valence-corrected chi connectivity index (χ4v) is 10.8. The van der Waals surface area contributed by atoms with Gasteiger partial charge in [-0.1, -0.05) is 27.7 Å². The maximum atomic E-state index is 13.7. The summed E-state index contributed by atoms with van der Waals surface area (Å²) in [6, 6.07) is 6.26. The van der Waals surface area contributed by atoms with Gasteiger partial charge in [-0.15, -0.1) is 11.3 Å². The Balaban J connectivity index is 1.38. The molecule has 10 heteroatoms. The molecule has 1 aromatic heterocycles. The predicted molar refractivity (Wildman–Crippen MR) is 169 cm³/mol. The minimum absolute atomic E-state index is 0.00611. The van der Waals surface area contributed by atoms with Crippen LogP contribution in [0.4, 0.5) is 5.00 Å². The van der Waals surface area contributed by atoms with E-state index in [1.165, 1.54) is 11.3 Å². The Hall–Kier alpha value is -2.27. The van der Waals surface area contributed by atoms with Crippen LogP contribution >= 0.6 is 11.3 Å². The molecule has 42 heavy (non-hydrogen) atoms. The standard InChI is InChI=1S/C32H46N4O4S2/c1-7-15-34-16-14-25-26(19-34)41-29(27(25)30(38)35(8-2)9-3)33-28(37)22-10-12-24(13-11-22)42(39,40)36-21-32(6)18-23(36)17-31(4,5)20-32/h10-13,23H,7-9,14-21H2,1-6H3,(H,33,37). The highest BCUT2D eigenvalue weighted by molar-refractivity contribution is 7.89. The summed E-state index contributed by atoms with van der Waals surface area (Å²) in [4.78, 5) is 32.6. The van der Waals surface area contributed by atoms with Crippen molar-refractivity contribution in [3.63, 3.8) is 0 Å². The van der Waals surface area contributed by atoms with Crippen LogP contribution in [0.5, 0.6) is 0 Å². The molecule has 230 valence electrons. The van der Waals surface area contributed by atoms with Crippen LogP contribution < -0.4 is 5.32 Å². The number of sulfonamides is 1. The zero-order chi connectivity index (χ0) is 30.4. The van der Waals surface area contributed by atoms with E-state index in [2.05, 4.69) is 37.9 Å². The lowest BCUT2D eigenvalue weighted by Crippen LogP contribution is -2.37. The Morgan fingerprint density at radius 3 is 2.40 bits per heavy atom. The molecule has 1 saturated carbocycles. The van der Waals surface area contributed by atoms with Gasteiger partial charge in [-0.2, -0.15) is 4.31 Å². The number of benzene rings is 1. The van der Waals surface area contributed by atoms with Crippen LogP contribution in [-0.2, 0) is 23.0 Å². The number of amides is 2. The van der Waals surface area contributed by atoms with E-state index >= 15 is 0 Å². The van der Waals surface area contributed by atoms with Crippen molar-refractivity contribution in [2.75, 3.05) is 38.0 Å². The number of hydrogen-bond acceptors (Lipinski definition) is 6. The van der Waals surface area contributed by atoms with Crippen molar-refractivity contribution in [3.8, 4) is 0 Å². The van der Waals surface area contributed by atoms with E-state index in [-0.39, 0.29) is 33.6 Å². The number of nitrogens with one attached hydrogen (secondary N) is 1. The second-order valence-corrected chi connectivity index (χ2v) is 16.4. The van der Waals surface area contributed by atoms with Gasteiger partial charge in [-0.25, -0.2) is 8.42 Å². The third-order valence-corrected chi connectivity index (χ3v) is 12.3. The normalized spacial score (nSPS) is 23.9. The number of carbonyl (C=O) groups is 2. The molecule has 2 aromatic rings. The van der Waals surface area contributed by atoms with Crippen molar-refractivity contribution in [2.24, 2.45) is 10.8 Å². The fraction of sp³-hybridized carbons (Fsp3) is 0.625. The fourth-order valence-electron chi connectivity index (χ4n) is 7.72. The Morgan fingerprint density at radius 2 is 1.76 bits per heavy atom. The van der Waals surface area contributed by atoms with Crippen molar-refractivity contribution in [1.29, 1.82) is 0 Å². The molecule has 2 aliphatic heterocycles. The second kappa shape index (κ2) is 11.7. The molecule has 2 bridgehead atoms. The third-order valence-electron chi connectivity index (χ3n) is 9.26. The summed E-state index contributed by atoms with van der Waals surface area (Å²) in [5.74, 6) is -0.395. The van der Waals surface area contributed by atoms with Crippen LogP contribution in [0.3, 0.4) is 0 Å². The molecule has 3 heterocycles. The number of hydrogen-bond donors (Lipinski definition) is 1. The summed E-state index contributed by atoms with van der Waals surface area (Å²) in [5.41, 5.74) is 2.13. The second-order valence-electron chi connectivity index (χ2n) is 13.5. The molecule has 2 unspecified atom stereocenters. The molecule has 2 fully saturated rings. The van der Waals surface area contributed by atoms with Crippen molar-refractivity contribution in [1.82, 2.24) is 14.1 Å². The molecule has 5 rings (SSSR count). The first-order valence-corrected chi connectivity index (χ1v) is 17.7. The van der Waals surface area contributed by atoms with E-state index < -0.39 is 10.0 Å². The SMILES string of the molecule is CCCN1CCc2c(sc(NC(=O)c3ccc(S(=O)(=O)N4CC5(C)CC4CC(C)(C)C5)cc3)c2C(=O)N(CC)CC)C1. The number of rotatable bonds is 9. The molecule has 3 aliphatic rings.